The van der Waals surface area contributed by atoms with Gasteiger partial charge in [-0.15, -0.1) is 0 Å². The topological polar surface area (TPSA) is 48.0 Å². The van der Waals surface area contributed by atoms with Crippen LogP contribution in [-0.2, 0) is 6.54 Å². The van der Waals surface area contributed by atoms with Crippen LogP contribution in [0.1, 0.15) is 38.4 Å². The molecule has 1 atom stereocenters. The molecule has 1 rings (SSSR count). The summed E-state index contributed by atoms with van der Waals surface area (Å²) in [4.78, 5) is 12.4. The second kappa shape index (κ2) is 6.14. The van der Waals surface area contributed by atoms with E-state index in [0.717, 1.165) is 18.7 Å². The highest BCUT2D eigenvalue weighted by Gasteiger charge is 2.12. The van der Waals surface area contributed by atoms with E-state index < -0.39 is 0 Å². The average Bonchev–Trinajstić information content (AvgIpc) is 2.22. The van der Waals surface area contributed by atoms with Gasteiger partial charge in [0, 0.05) is 12.2 Å². The van der Waals surface area contributed by atoms with E-state index in [1.165, 1.54) is 0 Å². The van der Waals surface area contributed by atoms with Crippen LogP contribution in [0.5, 0.6) is 0 Å². The van der Waals surface area contributed by atoms with Crippen LogP contribution < -0.4 is 11.3 Å². The number of aromatic nitrogens is 1. The first-order chi connectivity index (χ1) is 8.32. The van der Waals surface area contributed by atoms with Gasteiger partial charge < -0.3 is 10.3 Å². The molecule has 100 valence electrons. The van der Waals surface area contributed by atoms with Gasteiger partial charge in [-0.3, -0.25) is 4.79 Å². The Morgan fingerprint density at radius 3 is 2.50 bits per heavy atom. The van der Waals surface area contributed by atoms with Crippen LogP contribution in [0.25, 0.3) is 0 Å². The molecule has 1 aromatic heterocycles. The van der Waals surface area contributed by atoms with Crippen LogP contribution in [0, 0.1) is 18.8 Å². The van der Waals surface area contributed by atoms with E-state index in [9.17, 15) is 4.79 Å². The van der Waals surface area contributed by atoms with Gasteiger partial charge in [-0.25, -0.2) is 0 Å². The lowest BCUT2D eigenvalue weighted by atomic mass is 9.98. The molecule has 3 nitrogen and oxygen atoms in total. The molecule has 0 fully saturated rings. The van der Waals surface area contributed by atoms with Crippen LogP contribution in [0.3, 0.4) is 0 Å². The Hall–Kier alpha value is -1.16. The highest BCUT2D eigenvalue weighted by Crippen LogP contribution is 2.13. The molecule has 0 amide bonds. The first-order valence-corrected chi connectivity index (χ1v) is 6.74. The third-order valence-corrected chi connectivity index (χ3v) is 3.25. The Morgan fingerprint density at radius 2 is 2.00 bits per heavy atom. The smallest absolute Gasteiger partial charge is 0.260 e. The molecule has 1 aromatic rings. The van der Waals surface area contributed by atoms with Crippen molar-refractivity contribution in [2.45, 2.75) is 40.7 Å². The fraction of sp³-hybridized carbons (Fsp3) is 0.571. The van der Waals surface area contributed by atoms with Crippen molar-refractivity contribution in [2.75, 3.05) is 0 Å². The Bertz CT molecular complexity index is 491. The molecule has 0 aliphatic carbocycles. The minimum Gasteiger partial charge on any atom is -0.389 e. The van der Waals surface area contributed by atoms with Gasteiger partial charge in [0.1, 0.15) is 4.99 Å². The maximum absolute atomic E-state index is 12.2. The van der Waals surface area contributed by atoms with Gasteiger partial charge >= 0.3 is 0 Å². The highest BCUT2D eigenvalue weighted by molar-refractivity contribution is 7.80. The number of hydrogen-bond donors (Lipinski definition) is 1. The quantitative estimate of drug-likeness (QED) is 0.833. The van der Waals surface area contributed by atoms with E-state index in [4.69, 9.17) is 18.0 Å². The number of nitrogens with zero attached hydrogens (tertiary/aromatic N) is 1. The third-order valence-electron chi connectivity index (χ3n) is 3.03. The van der Waals surface area contributed by atoms with Gasteiger partial charge in [-0.05, 0) is 37.3 Å². The summed E-state index contributed by atoms with van der Waals surface area (Å²) < 4.78 is 1.78. The number of rotatable bonds is 5. The summed E-state index contributed by atoms with van der Waals surface area (Å²) >= 11 is 4.90. The van der Waals surface area contributed by atoms with Crippen molar-refractivity contribution in [1.29, 1.82) is 0 Å². The van der Waals surface area contributed by atoms with Crippen molar-refractivity contribution in [2.24, 2.45) is 17.6 Å². The van der Waals surface area contributed by atoms with Gasteiger partial charge in [0.25, 0.3) is 5.56 Å². The molecule has 0 saturated heterocycles. The number of nitrogens with two attached hydrogens (primary N) is 1. The van der Waals surface area contributed by atoms with E-state index in [-0.39, 0.29) is 10.5 Å². The highest BCUT2D eigenvalue weighted by atomic mass is 32.1. The van der Waals surface area contributed by atoms with Crippen molar-refractivity contribution >= 4 is 17.2 Å². The Balaban J connectivity index is 3.05. The normalized spacial score (nSPS) is 12.7. The molecule has 4 heteroatoms. The molecule has 0 bridgehead atoms. The molecule has 2 N–H and O–H groups in total. The van der Waals surface area contributed by atoms with E-state index in [2.05, 4.69) is 20.8 Å². The summed E-state index contributed by atoms with van der Waals surface area (Å²) in [7, 11) is 0. The SMILES string of the molecule is Cc1ccc(C(N)=S)c(=O)n1CC(C)CC(C)C. The average molecular weight is 266 g/mol. The van der Waals surface area contributed by atoms with Crippen LogP contribution in [-0.4, -0.2) is 9.56 Å². The summed E-state index contributed by atoms with van der Waals surface area (Å²) in [5.74, 6) is 1.10. The molecule has 18 heavy (non-hydrogen) atoms. The summed E-state index contributed by atoms with van der Waals surface area (Å²) in [5.41, 5.74) is 6.88. The monoisotopic (exact) mass is 266 g/mol. The zero-order valence-electron chi connectivity index (χ0n) is 11.6. The van der Waals surface area contributed by atoms with E-state index in [0.29, 0.717) is 17.4 Å². The molecule has 1 unspecified atom stereocenters. The van der Waals surface area contributed by atoms with E-state index >= 15 is 0 Å². The van der Waals surface area contributed by atoms with Crippen molar-refractivity contribution in [3.8, 4) is 0 Å². The summed E-state index contributed by atoms with van der Waals surface area (Å²) in [6.45, 7) is 9.21. The van der Waals surface area contributed by atoms with Crippen molar-refractivity contribution in [3.05, 3.63) is 33.7 Å². The molecular formula is C14H22N2OS. The first-order valence-electron chi connectivity index (χ1n) is 6.33. The van der Waals surface area contributed by atoms with E-state index in [1.54, 1.807) is 10.6 Å². The second-order valence-electron chi connectivity index (χ2n) is 5.40. The van der Waals surface area contributed by atoms with Gasteiger partial charge in [-0.2, -0.15) is 0 Å². The van der Waals surface area contributed by atoms with Crippen LogP contribution in [0.4, 0.5) is 0 Å². The lowest BCUT2D eigenvalue weighted by molar-refractivity contribution is 0.381. The molecular weight excluding hydrogens is 244 g/mol. The number of hydrogen-bond acceptors (Lipinski definition) is 2. The molecule has 0 aliphatic rings. The minimum absolute atomic E-state index is 0.0712. The predicted octanol–water partition coefficient (Wildman–Crippen LogP) is 2.47. The fourth-order valence-electron chi connectivity index (χ4n) is 2.28. The maximum Gasteiger partial charge on any atom is 0.260 e. The number of pyridine rings is 1. The van der Waals surface area contributed by atoms with Crippen molar-refractivity contribution < 1.29 is 0 Å². The molecule has 0 saturated carbocycles. The van der Waals surface area contributed by atoms with Gasteiger partial charge in [-0.1, -0.05) is 33.0 Å². The minimum atomic E-state index is -0.0712. The van der Waals surface area contributed by atoms with Crippen LogP contribution in [0.15, 0.2) is 16.9 Å². The van der Waals surface area contributed by atoms with Gasteiger partial charge in [0.15, 0.2) is 0 Å². The number of aryl methyl sites for hydroxylation is 1. The first kappa shape index (κ1) is 14.9. The summed E-state index contributed by atoms with van der Waals surface area (Å²) in [6, 6.07) is 3.61. The summed E-state index contributed by atoms with van der Waals surface area (Å²) in [5, 5.41) is 0. The predicted molar refractivity (Wildman–Crippen MR) is 79.9 cm³/mol. The van der Waals surface area contributed by atoms with Gasteiger partial charge in [0.2, 0.25) is 0 Å². The number of thiocarbonyl (C=S) groups is 1. The lowest BCUT2D eigenvalue weighted by Gasteiger charge is -2.18. The second-order valence-corrected chi connectivity index (χ2v) is 5.84. The zero-order valence-corrected chi connectivity index (χ0v) is 12.4. The third kappa shape index (κ3) is 3.67. The molecule has 0 aromatic carbocycles. The van der Waals surface area contributed by atoms with Crippen molar-refractivity contribution in [1.82, 2.24) is 4.57 Å². The van der Waals surface area contributed by atoms with Crippen LogP contribution in [0.2, 0.25) is 0 Å². The van der Waals surface area contributed by atoms with Gasteiger partial charge in [0.05, 0.1) is 5.56 Å². The lowest BCUT2D eigenvalue weighted by Crippen LogP contribution is -2.31. The molecule has 0 aliphatic heterocycles. The molecule has 0 radical (unpaired) electrons. The maximum atomic E-state index is 12.2. The van der Waals surface area contributed by atoms with Crippen LogP contribution >= 0.6 is 12.2 Å². The Kier molecular flexibility index (Phi) is 5.08. The molecule has 1 heterocycles. The Labute approximate surface area is 114 Å². The largest absolute Gasteiger partial charge is 0.389 e. The Morgan fingerprint density at radius 1 is 1.39 bits per heavy atom. The zero-order chi connectivity index (χ0) is 13.9. The standard InChI is InChI=1S/C14H22N2OS/c1-9(2)7-10(3)8-16-11(4)5-6-12(13(15)18)14(16)17/h5-6,9-10H,7-8H2,1-4H3,(H2,15,18). The summed E-state index contributed by atoms with van der Waals surface area (Å²) in [6.07, 6.45) is 1.10. The molecule has 0 spiro atoms. The van der Waals surface area contributed by atoms with E-state index in [1.807, 2.05) is 13.0 Å². The fourth-order valence-corrected chi connectivity index (χ4v) is 2.43. The van der Waals surface area contributed by atoms with Crippen molar-refractivity contribution in [3.63, 3.8) is 0 Å².